The molecule has 2 rings (SSSR count). The highest BCUT2D eigenvalue weighted by Crippen LogP contribution is 2.21. The van der Waals surface area contributed by atoms with Gasteiger partial charge in [-0.15, -0.1) is 0 Å². The summed E-state index contributed by atoms with van der Waals surface area (Å²) in [6, 6.07) is 13.6. The molecule has 8 heteroatoms. The molecule has 6 nitrogen and oxygen atoms in total. The Bertz CT molecular complexity index is 885. The molecule has 1 amide bonds. The van der Waals surface area contributed by atoms with Gasteiger partial charge in [0.05, 0.1) is 18.0 Å². The quantitative estimate of drug-likeness (QED) is 0.725. The standard InChI is InChI=1S/C19H23ClN2O4S/c1-14-7-9-18(10-8-14)26-13-15(2)21-19(23)12-22(27(3,24)25)17-6-4-5-16(20)11-17/h4-11,15H,12-13H2,1-3H3,(H,21,23)/t15-/m0/s1. The van der Waals surface area contributed by atoms with E-state index < -0.39 is 15.9 Å². The molecule has 0 aliphatic rings. The predicted molar refractivity (Wildman–Crippen MR) is 108 cm³/mol. The molecule has 146 valence electrons. The summed E-state index contributed by atoms with van der Waals surface area (Å²) in [6.45, 7) is 3.70. The average Bonchev–Trinajstić information content (AvgIpc) is 2.58. The normalized spacial score (nSPS) is 12.3. The number of ether oxygens (including phenoxy) is 1. The van der Waals surface area contributed by atoms with Crippen molar-refractivity contribution in [2.45, 2.75) is 19.9 Å². The molecule has 0 bridgehead atoms. The van der Waals surface area contributed by atoms with E-state index in [0.717, 1.165) is 16.1 Å². The summed E-state index contributed by atoms with van der Waals surface area (Å²) in [5.41, 5.74) is 1.47. The highest BCUT2D eigenvalue weighted by Gasteiger charge is 2.22. The Kier molecular flexibility index (Phi) is 7.10. The van der Waals surface area contributed by atoms with E-state index in [4.69, 9.17) is 16.3 Å². The fourth-order valence-corrected chi connectivity index (χ4v) is 3.41. The molecular weight excluding hydrogens is 388 g/mol. The van der Waals surface area contributed by atoms with E-state index in [9.17, 15) is 13.2 Å². The van der Waals surface area contributed by atoms with Gasteiger partial charge in [0.15, 0.2) is 0 Å². The fourth-order valence-electron chi connectivity index (χ4n) is 2.38. The first-order valence-corrected chi connectivity index (χ1v) is 10.6. The van der Waals surface area contributed by atoms with Crippen LogP contribution in [-0.4, -0.2) is 39.8 Å². The number of halogens is 1. The molecular formula is C19H23ClN2O4S. The molecule has 27 heavy (non-hydrogen) atoms. The minimum absolute atomic E-state index is 0.269. The maximum atomic E-state index is 12.3. The van der Waals surface area contributed by atoms with Crippen molar-refractivity contribution in [3.63, 3.8) is 0 Å². The van der Waals surface area contributed by atoms with Crippen LogP contribution in [-0.2, 0) is 14.8 Å². The predicted octanol–water partition coefficient (Wildman–Crippen LogP) is 3.00. The number of carbonyl (C=O) groups excluding carboxylic acids is 1. The Morgan fingerprint density at radius 3 is 2.48 bits per heavy atom. The number of hydrogen-bond donors (Lipinski definition) is 1. The number of rotatable bonds is 8. The molecule has 0 unspecified atom stereocenters. The third-order valence-electron chi connectivity index (χ3n) is 3.71. The van der Waals surface area contributed by atoms with Crippen LogP contribution in [0.5, 0.6) is 5.75 Å². The Balaban J connectivity index is 1.95. The van der Waals surface area contributed by atoms with Crippen LogP contribution in [0.3, 0.4) is 0 Å². The minimum Gasteiger partial charge on any atom is -0.491 e. The van der Waals surface area contributed by atoms with Crippen molar-refractivity contribution in [1.82, 2.24) is 5.32 Å². The number of hydrogen-bond acceptors (Lipinski definition) is 4. The van der Waals surface area contributed by atoms with Crippen LogP contribution in [0, 0.1) is 6.92 Å². The molecule has 0 heterocycles. The van der Waals surface area contributed by atoms with Gasteiger partial charge in [0.1, 0.15) is 18.9 Å². The van der Waals surface area contributed by atoms with Crippen LogP contribution in [0.2, 0.25) is 5.02 Å². The number of anilines is 1. The Labute approximate surface area is 165 Å². The van der Waals surface area contributed by atoms with Gasteiger partial charge >= 0.3 is 0 Å². The zero-order valence-electron chi connectivity index (χ0n) is 15.5. The van der Waals surface area contributed by atoms with E-state index >= 15 is 0 Å². The van der Waals surface area contributed by atoms with Crippen molar-refractivity contribution < 1.29 is 17.9 Å². The van der Waals surface area contributed by atoms with E-state index in [1.807, 2.05) is 31.2 Å². The maximum Gasteiger partial charge on any atom is 0.241 e. The number of sulfonamides is 1. The Morgan fingerprint density at radius 2 is 1.89 bits per heavy atom. The molecule has 0 fully saturated rings. The van der Waals surface area contributed by atoms with Gasteiger partial charge in [0.25, 0.3) is 0 Å². The van der Waals surface area contributed by atoms with Gasteiger partial charge in [-0.1, -0.05) is 35.4 Å². The van der Waals surface area contributed by atoms with Crippen LogP contribution in [0.4, 0.5) is 5.69 Å². The third-order valence-corrected chi connectivity index (χ3v) is 5.09. The van der Waals surface area contributed by atoms with Crippen molar-refractivity contribution in [2.24, 2.45) is 0 Å². The lowest BCUT2D eigenvalue weighted by Crippen LogP contribution is -2.44. The zero-order valence-corrected chi connectivity index (χ0v) is 17.0. The summed E-state index contributed by atoms with van der Waals surface area (Å²) < 4.78 is 30.8. The summed E-state index contributed by atoms with van der Waals surface area (Å²) in [5.74, 6) is 0.277. The first kappa shape index (κ1) is 21.1. The molecule has 1 atom stereocenters. The molecule has 0 spiro atoms. The van der Waals surface area contributed by atoms with E-state index in [0.29, 0.717) is 16.5 Å². The van der Waals surface area contributed by atoms with Crippen molar-refractivity contribution >= 4 is 33.2 Å². The Hall–Kier alpha value is -2.25. The minimum atomic E-state index is -3.64. The van der Waals surface area contributed by atoms with Gasteiger partial charge in [0, 0.05) is 5.02 Å². The molecule has 0 aromatic heterocycles. The van der Waals surface area contributed by atoms with E-state index in [2.05, 4.69) is 5.32 Å². The third kappa shape index (κ3) is 6.77. The molecule has 0 aliphatic heterocycles. The van der Waals surface area contributed by atoms with Gasteiger partial charge in [-0.2, -0.15) is 0 Å². The van der Waals surface area contributed by atoms with Gasteiger partial charge < -0.3 is 10.1 Å². The molecule has 2 aromatic carbocycles. The van der Waals surface area contributed by atoms with Gasteiger partial charge in [-0.05, 0) is 44.2 Å². The fraction of sp³-hybridized carbons (Fsp3) is 0.316. The number of amides is 1. The van der Waals surface area contributed by atoms with Gasteiger partial charge in [0.2, 0.25) is 15.9 Å². The van der Waals surface area contributed by atoms with E-state index in [-0.39, 0.29) is 19.2 Å². The first-order chi connectivity index (χ1) is 12.6. The number of nitrogens with one attached hydrogen (secondary N) is 1. The highest BCUT2D eigenvalue weighted by atomic mass is 35.5. The second-order valence-corrected chi connectivity index (χ2v) is 8.69. The number of benzene rings is 2. The largest absolute Gasteiger partial charge is 0.491 e. The molecule has 0 aliphatic carbocycles. The second kappa shape index (κ2) is 9.10. The maximum absolute atomic E-state index is 12.3. The molecule has 0 radical (unpaired) electrons. The number of carbonyl (C=O) groups is 1. The van der Waals surface area contributed by atoms with Crippen molar-refractivity contribution in [3.8, 4) is 5.75 Å². The lowest BCUT2D eigenvalue weighted by atomic mass is 10.2. The van der Waals surface area contributed by atoms with Gasteiger partial charge in [-0.3, -0.25) is 9.10 Å². The summed E-state index contributed by atoms with van der Waals surface area (Å²) in [4.78, 5) is 12.3. The summed E-state index contributed by atoms with van der Waals surface area (Å²) in [7, 11) is -3.64. The monoisotopic (exact) mass is 410 g/mol. The van der Waals surface area contributed by atoms with Crippen LogP contribution in [0.25, 0.3) is 0 Å². The van der Waals surface area contributed by atoms with Crippen molar-refractivity contribution in [2.75, 3.05) is 23.7 Å². The van der Waals surface area contributed by atoms with Crippen LogP contribution < -0.4 is 14.4 Å². The molecule has 0 saturated carbocycles. The van der Waals surface area contributed by atoms with Crippen molar-refractivity contribution in [1.29, 1.82) is 0 Å². The lowest BCUT2D eigenvalue weighted by Gasteiger charge is -2.23. The summed E-state index contributed by atoms with van der Waals surface area (Å²) in [5, 5.41) is 3.14. The summed E-state index contributed by atoms with van der Waals surface area (Å²) >= 11 is 5.93. The van der Waals surface area contributed by atoms with E-state index in [1.165, 1.54) is 6.07 Å². The summed E-state index contributed by atoms with van der Waals surface area (Å²) in [6.07, 6.45) is 1.05. The Morgan fingerprint density at radius 1 is 1.22 bits per heavy atom. The molecule has 2 aromatic rings. The smallest absolute Gasteiger partial charge is 0.241 e. The van der Waals surface area contributed by atoms with Crippen LogP contribution in [0.1, 0.15) is 12.5 Å². The molecule has 0 saturated heterocycles. The van der Waals surface area contributed by atoms with E-state index in [1.54, 1.807) is 25.1 Å². The SMILES string of the molecule is Cc1ccc(OC[C@H](C)NC(=O)CN(c2cccc(Cl)c2)S(C)(=O)=O)cc1. The van der Waals surface area contributed by atoms with Crippen LogP contribution in [0.15, 0.2) is 48.5 Å². The van der Waals surface area contributed by atoms with Crippen molar-refractivity contribution in [3.05, 3.63) is 59.1 Å². The van der Waals surface area contributed by atoms with Gasteiger partial charge in [-0.25, -0.2) is 8.42 Å². The lowest BCUT2D eigenvalue weighted by molar-refractivity contribution is -0.120. The number of nitrogens with zero attached hydrogens (tertiary/aromatic N) is 1. The average molecular weight is 411 g/mol. The number of aryl methyl sites for hydroxylation is 1. The first-order valence-electron chi connectivity index (χ1n) is 8.37. The zero-order chi connectivity index (χ0) is 20.0. The topological polar surface area (TPSA) is 75.7 Å². The highest BCUT2D eigenvalue weighted by molar-refractivity contribution is 7.92. The van der Waals surface area contributed by atoms with Crippen LogP contribution >= 0.6 is 11.6 Å². The molecule has 1 N–H and O–H groups in total. The second-order valence-electron chi connectivity index (χ2n) is 6.34.